The molecule has 1 aliphatic heterocycles. The normalized spacial score (nSPS) is 13.9. The molecule has 0 saturated carbocycles. The lowest BCUT2D eigenvalue weighted by atomic mass is 9.65. The van der Waals surface area contributed by atoms with Gasteiger partial charge in [-0.1, -0.05) is 127 Å². The number of para-hydroxylation sites is 2. The molecule has 1 spiro atoms. The summed E-state index contributed by atoms with van der Waals surface area (Å²) in [5, 5.41) is 3.31. The predicted molar refractivity (Wildman–Crippen MR) is 170 cm³/mol. The van der Waals surface area contributed by atoms with E-state index in [9.17, 15) is 0 Å². The lowest BCUT2D eigenvalue weighted by Crippen LogP contribution is -2.32. The van der Waals surface area contributed by atoms with E-state index >= 15 is 0 Å². The Labute approximate surface area is 239 Å². The van der Waals surface area contributed by atoms with Crippen molar-refractivity contribution < 1.29 is 4.74 Å². The Morgan fingerprint density at radius 1 is 0.537 bits per heavy atom. The first-order chi connectivity index (χ1) is 20.2. The summed E-state index contributed by atoms with van der Waals surface area (Å²) in [5.74, 6) is 1.82. The van der Waals surface area contributed by atoms with Crippen LogP contribution in [-0.4, -0.2) is 12.8 Å². The van der Waals surface area contributed by atoms with E-state index in [1.165, 1.54) is 38.8 Å². The van der Waals surface area contributed by atoms with Crippen LogP contribution in [0.4, 0.5) is 0 Å². The maximum Gasteiger partial charge on any atom is 0.140 e. The fraction of sp³-hybridized carbons (Fsp3) is 0.0263. The largest absolute Gasteiger partial charge is 0.456 e. The van der Waals surface area contributed by atoms with Gasteiger partial charge in [-0.15, -0.1) is 0 Å². The van der Waals surface area contributed by atoms with Crippen LogP contribution in [-0.2, 0) is 5.41 Å². The number of nitrogens with zero attached hydrogens (tertiary/aromatic N) is 1. The number of benzene rings is 6. The molecule has 0 fully saturated rings. The van der Waals surface area contributed by atoms with Crippen LogP contribution in [0.1, 0.15) is 22.3 Å². The van der Waals surface area contributed by atoms with Crippen LogP contribution in [0.3, 0.4) is 0 Å². The topological polar surface area (TPSA) is 22.1 Å². The highest BCUT2D eigenvalue weighted by Gasteiger charge is 2.51. The number of rotatable bonds is 1. The van der Waals surface area contributed by atoms with Gasteiger partial charge in [-0.2, -0.15) is 0 Å². The Bertz CT molecular complexity index is 2150. The molecule has 0 N–H and O–H groups in total. The van der Waals surface area contributed by atoms with Crippen LogP contribution < -0.4 is 10.2 Å². The van der Waals surface area contributed by atoms with Gasteiger partial charge in [0.2, 0.25) is 0 Å². The van der Waals surface area contributed by atoms with E-state index in [0.717, 1.165) is 44.4 Å². The third kappa shape index (κ3) is 2.90. The lowest BCUT2D eigenvalue weighted by Gasteiger charge is -2.40. The maximum atomic E-state index is 7.00. The van der Waals surface area contributed by atoms with Crippen molar-refractivity contribution in [1.82, 2.24) is 4.98 Å². The predicted octanol–water partition coefficient (Wildman–Crippen LogP) is 7.78. The summed E-state index contributed by atoms with van der Waals surface area (Å²) in [5.41, 5.74) is 11.3. The minimum Gasteiger partial charge on any atom is -0.456 e. The van der Waals surface area contributed by atoms with Crippen molar-refractivity contribution in [3.63, 3.8) is 0 Å². The number of fused-ring (bicyclic) bond motifs is 13. The van der Waals surface area contributed by atoms with Crippen LogP contribution in [0.15, 0.2) is 133 Å². The van der Waals surface area contributed by atoms with Gasteiger partial charge in [0.05, 0.1) is 16.6 Å². The standard InChI is InChI=1S/C38H24BNO/c39-24-19-17-23(18-20-24)36-28-21-22-32-37(35(28)27-11-3-7-15-33(27)40-36)41-34-16-8-6-14-31(34)38(32)29-12-4-1-9-25(29)26-10-2-5-13-30(26)38/h1-22H,39H2. The number of aromatic nitrogens is 1. The number of ether oxygens (including phenoxy) is 1. The minimum absolute atomic E-state index is 0.486. The van der Waals surface area contributed by atoms with E-state index < -0.39 is 5.41 Å². The van der Waals surface area contributed by atoms with E-state index in [1.807, 2.05) is 0 Å². The summed E-state index contributed by atoms with van der Waals surface area (Å²) >= 11 is 0. The van der Waals surface area contributed by atoms with Gasteiger partial charge in [-0.25, -0.2) is 4.98 Å². The number of pyridine rings is 1. The van der Waals surface area contributed by atoms with E-state index in [0.29, 0.717) is 0 Å². The molecule has 1 aliphatic carbocycles. The fourth-order valence-electron chi connectivity index (χ4n) is 7.28. The second-order valence-electron chi connectivity index (χ2n) is 11.1. The quantitative estimate of drug-likeness (QED) is 0.163. The van der Waals surface area contributed by atoms with Crippen molar-refractivity contribution in [2.45, 2.75) is 5.41 Å². The Balaban J connectivity index is 1.48. The van der Waals surface area contributed by atoms with Gasteiger partial charge in [-0.05, 0) is 34.4 Å². The summed E-state index contributed by atoms with van der Waals surface area (Å²) in [6.45, 7) is 0. The van der Waals surface area contributed by atoms with Crippen molar-refractivity contribution in [2.75, 3.05) is 0 Å². The highest BCUT2D eigenvalue weighted by atomic mass is 16.5. The molecule has 0 atom stereocenters. The summed E-state index contributed by atoms with van der Waals surface area (Å²) < 4.78 is 7.00. The lowest BCUT2D eigenvalue weighted by molar-refractivity contribution is 0.442. The average Bonchev–Trinajstić information content (AvgIpc) is 3.32. The molecule has 3 heteroatoms. The first-order valence-electron chi connectivity index (χ1n) is 14.1. The van der Waals surface area contributed by atoms with Crippen molar-refractivity contribution >= 4 is 35.0 Å². The first-order valence-corrected chi connectivity index (χ1v) is 14.1. The zero-order chi connectivity index (χ0) is 27.1. The van der Waals surface area contributed by atoms with Gasteiger partial charge in [0.25, 0.3) is 0 Å². The first kappa shape index (κ1) is 22.6. The molecule has 0 amide bonds. The Morgan fingerprint density at radius 3 is 1.93 bits per heavy atom. The van der Waals surface area contributed by atoms with Gasteiger partial charge in [-0.3, -0.25) is 0 Å². The van der Waals surface area contributed by atoms with Crippen LogP contribution in [0.2, 0.25) is 0 Å². The number of hydrogen-bond acceptors (Lipinski definition) is 2. The molecule has 6 aromatic carbocycles. The van der Waals surface area contributed by atoms with Crippen molar-refractivity contribution in [2.24, 2.45) is 0 Å². The zero-order valence-electron chi connectivity index (χ0n) is 22.6. The summed E-state index contributed by atoms with van der Waals surface area (Å²) in [6.07, 6.45) is 0. The molecule has 1 aromatic heterocycles. The summed E-state index contributed by atoms with van der Waals surface area (Å²) in [4.78, 5) is 5.20. The van der Waals surface area contributed by atoms with Gasteiger partial charge in [0.15, 0.2) is 0 Å². The Morgan fingerprint density at radius 2 is 1.17 bits per heavy atom. The van der Waals surface area contributed by atoms with Gasteiger partial charge in [0, 0.05) is 32.8 Å². The molecule has 7 aromatic rings. The molecule has 0 unspecified atom stereocenters. The molecule has 9 rings (SSSR count). The van der Waals surface area contributed by atoms with Gasteiger partial charge in [0.1, 0.15) is 19.3 Å². The highest BCUT2D eigenvalue weighted by Crippen LogP contribution is 2.63. The van der Waals surface area contributed by atoms with E-state index in [4.69, 9.17) is 9.72 Å². The van der Waals surface area contributed by atoms with Crippen molar-refractivity contribution in [3.8, 4) is 33.9 Å². The van der Waals surface area contributed by atoms with E-state index in [2.05, 4.69) is 141 Å². The van der Waals surface area contributed by atoms with Crippen LogP contribution in [0.25, 0.3) is 44.1 Å². The monoisotopic (exact) mass is 521 g/mol. The summed E-state index contributed by atoms with van der Waals surface area (Å²) in [6, 6.07) is 48.0. The Hall–Kier alpha value is -5.15. The van der Waals surface area contributed by atoms with Crippen LogP contribution in [0, 0.1) is 0 Å². The SMILES string of the molecule is Bc1ccc(-c2nc3ccccc3c3c4c(ccc23)C2(c3ccccc3O4)c3ccccc3-c3ccccc32)cc1. The molecule has 2 aliphatic rings. The van der Waals surface area contributed by atoms with Gasteiger partial charge < -0.3 is 4.74 Å². The van der Waals surface area contributed by atoms with Crippen LogP contribution >= 0.6 is 0 Å². The van der Waals surface area contributed by atoms with E-state index in [-0.39, 0.29) is 0 Å². The van der Waals surface area contributed by atoms with Gasteiger partial charge >= 0.3 is 0 Å². The number of hydrogen-bond donors (Lipinski definition) is 0. The second kappa shape index (κ2) is 8.19. The molecule has 0 saturated heterocycles. The molecule has 0 radical (unpaired) electrons. The van der Waals surface area contributed by atoms with Crippen molar-refractivity contribution in [1.29, 1.82) is 0 Å². The molecule has 2 heterocycles. The molecule has 2 nitrogen and oxygen atoms in total. The van der Waals surface area contributed by atoms with E-state index in [1.54, 1.807) is 0 Å². The molecular weight excluding hydrogens is 497 g/mol. The average molecular weight is 521 g/mol. The molecule has 0 bridgehead atoms. The highest BCUT2D eigenvalue weighted by molar-refractivity contribution is 6.32. The third-order valence-corrected chi connectivity index (χ3v) is 9.00. The minimum atomic E-state index is -0.486. The molecule has 190 valence electrons. The zero-order valence-corrected chi connectivity index (χ0v) is 22.6. The Kier molecular flexibility index (Phi) is 4.52. The smallest absolute Gasteiger partial charge is 0.140 e. The fourth-order valence-corrected chi connectivity index (χ4v) is 7.28. The summed E-state index contributed by atoms with van der Waals surface area (Å²) in [7, 11) is 2.12. The molecule has 41 heavy (non-hydrogen) atoms. The molecular formula is C38H24BNO. The van der Waals surface area contributed by atoms with Crippen molar-refractivity contribution in [3.05, 3.63) is 156 Å². The van der Waals surface area contributed by atoms with Crippen LogP contribution in [0.5, 0.6) is 11.5 Å². The second-order valence-corrected chi connectivity index (χ2v) is 11.1. The maximum absolute atomic E-state index is 7.00. The third-order valence-electron chi connectivity index (χ3n) is 9.00.